The molecule has 3 N–H and O–H groups in total. The summed E-state index contributed by atoms with van der Waals surface area (Å²) in [5.74, 6) is -0.880. The number of aromatic amines is 1. The van der Waals surface area contributed by atoms with Gasteiger partial charge in [-0.25, -0.2) is 4.79 Å². The Morgan fingerprint density at radius 2 is 1.77 bits per heavy atom. The maximum absolute atomic E-state index is 12.5. The number of benzene rings is 1. The molecule has 0 radical (unpaired) electrons. The van der Waals surface area contributed by atoms with E-state index in [1.54, 1.807) is 24.3 Å². The molecule has 11 nitrogen and oxygen atoms in total. The predicted octanol–water partition coefficient (Wildman–Crippen LogP) is -1.22. The van der Waals surface area contributed by atoms with Gasteiger partial charge in [0.15, 0.2) is 6.23 Å². The summed E-state index contributed by atoms with van der Waals surface area (Å²) in [7, 11) is 0. The predicted molar refractivity (Wildman–Crippen MR) is 105 cm³/mol. The summed E-state index contributed by atoms with van der Waals surface area (Å²) in [6, 6.07) is 6.47. The smallest absolute Gasteiger partial charge is 0.330 e. The first-order chi connectivity index (χ1) is 14.8. The number of carbonyl (C=O) groups excluding carboxylic acids is 2. The van der Waals surface area contributed by atoms with Crippen LogP contribution in [0.15, 0.2) is 40.1 Å². The van der Waals surface area contributed by atoms with Crippen LogP contribution >= 0.6 is 0 Å². The van der Waals surface area contributed by atoms with Gasteiger partial charge in [-0.2, -0.15) is 0 Å². The maximum Gasteiger partial charge on any atom is 0.330 e. The van der Waals surface area contributed by atoms with Crippen LogP contribution < -0.4 is 11.2 Å². The summed E-state index contributed by atoms with van der Waals surface area (Å²) in [6.07, 6.45) is -3.24. The summed E-state index contributed by atoms with van der Waals surface area (Å²) in [5.41, 5.74) is -0.452. The van der Waals surface area contributed by atoms with E-state index < -0.39 is 54.2 Å². The number of imide groups is 1. The van der Waals surface area contributed by atoms with Gasteiger partial charge in [-0.05, 0) is 19.1 Å². The molecule has 164 valence electrons. The Morgan fingerprint density at radius 1 is 1.13 bits per heavy atom. The number of H-pyrrole nitrogens is 1. The number of nitrogens with one attached hydrogen (secondary N) is 1. The van der Waals surface area contributed by atoms with Crippen LogP contribution in [0.3, 0.4) is 0 Å². The van der Waals surface area contributed by atoms with Crippen molar-refractivity contribution in [3.05, 3.63) is 68.0 Å². The summed E-state index contributed by atoms with van der Waals surface area (Å²) in [4.78, 5) is 52.0. The summed E-state index contributed by atoms with van der Waals surface area (Å²) in [6.45, 7) is 0.767. The van der Waals surface area contributed by atoms with Crippen molar-refractivity contribution in [2.75, 3.05) is 19.8 Å². The Balaban J connectivity index is 1.51. The van der Waals surface area contributed by atoms with Gasteiger partial charge in [0.25, 0.3) is 17.4 Å². The Labute approximate surface area is 175 Å². The number of fused-ring (bicyclic) bond motifs is 1. The molecule has 0 aliphatic carbocycles. The van der Waals surface area contributed by atoms with Gasteiger partial charge in [0.05, 0.1) is 30.9 Å². The third kappa shape index (κ3) is 3.61. The lowest BCUT2D eigenvalue weighted by molar-refractivity contribution is -0.0755. The fourth-order valence-corrected chi connectivity index (χ4v) is 3.77. The molecule has 1 aromatic carbocycles. The minimum absolute atomic E-state index is 0.0778. The molecule has 1 unspecified atom stereocenters. The number of ether oxygens (including phenoxy) is 2. The van der Waals surface area contributed by atoms with Crippen LogP contribution in [-0.2, 0) is 9.47 Å². The highest BCUT2D eigenvalue weighted by Gasteiger charge is 2.46. The zero-order chi connectivity index (χ0) is 22.3. The van der Waals surface area contributed by atoms with E-state index in [9.17, 15) is 29.4 Å². The number of aliphatic hydroxyl groups is 2. The zero-order valence-electron chi connectivity index (χ0n) is 16.6. The third-order valence-electron chi connectivity index (χ3n) is 5.42. The van der Waals surface area contributed by atoms with E-state index in [-0.39, 0.29) is 18.7 Å². The maximum atomic E-state index is 12.5. The molecule has 1 aromatic heterocycles. The van der Waals surface area contributed by atoms with Gasteiger partial charge >= 0.3 is 5.69 Å². The number of aliphatic hydroxyl groups excluding tert-OH is 2. The molecule has 0 saturated carbocycles. The number of rotatable bonds is 6. The van der Waals surface area contributed by atoms with E-state index >= 15 is 0 Å². The number of aromatic nitrogens is 2. The van der Waals surface area contributed by atoms with Crippen LogP contribution in [0.1, 0.15) is 32.5 Å². The van der Waals surface area contributed by atoms with Crippen molar-refractivity contribution in [2.45, 2.75) is 31.5 Å². The molecule has 1 fully saturated rings. The van der Waals surface area contributed by atoms with Crippen molar-refractivity contribution >= 4 is 11.8 Å². The molecular weight excluding hydrogens is 410 g/mol. The van der Waals surface area contributed by atoms with Crippen LogP contribution in [0.5, 0.6) is 0 Å². The van der Waals surface area contributed by atoms with E-state index in [4.69, 9.17) is 9.47 Å². The first-order valence-corrected chi connectivity index (χ1v) is 9.66. The average molecular weight is 431 g/mol. The van der Waals surface area contributed by atoms with E-state index in [2.05, 4.69) is 4.98 Å². The van der Waals surface area contributed by atoms with Crippen molar-refractivity contribution in [3.8, 4) is 0 Å². The Bertz CT molecular complexity index is 1100. The number of aryl methyl sites for hydroxylation is 1. The highest BCUT2D eigenvalue weighted by atomic mass is 16.6. The third-order valence-corrected chi connectivity index (χ3v) is 5.42. The van der Waals surface area contributed by atoms with Crippen LogP contribution in [0.2, 0.25) is 0 Å². The molecule has 3 heterocycles. The van der Waals surface area contributed by atoms with Gasteiger partial charge in [0.1, 0.15) is 18.3 Å². The van der Waals surface area contributed by atoms with Crippen LogP contribution in [0, 0.1) is 6.92 Å². The van der Waals surface area contributed by atoms with Crippen molar-refractivity contribution in [3.63, 3.8) is 0 Å². The van der Waals surface area contributed by atoms with Crippen LogP contribution in [0.25, 0.3) is 0 Å². The lowest BCUT2D eigenvalue weighted by Crippen LogP contribution is -2.41. The topological polar surface area (TPSA) is 151 Å². The largest absolute Gasteiger partial charge is 0.394 e. The quantitative estimate of drug-likeness (QED) is 0.482. The van der Waals surface area contributed by atoms with Crippen molar-refractivity contribution in [2.24, 2.45) is 0 Å². The van der Waals surface area contributed by atoms with Crippen LogP contribution in [-0.4, -0.2) is 74.5 Å². The van der Waals surface area contributed by atoms with E-state index in [0.717, 1.165) is 9.47 Å². The highest BCUT2D eigenvalue weighted by molar-refractivity contribution is 6.21. The fourth-order valence-electron chi connectivity index (χ4n) is 3.77. The molecular formula is C20H21N3O8. The number of hydrogen-bond donors (Lipinski definition) is 3. The molecule has 31 heavy (non-hydrogen) atoms. The first kappa shape index (κ1) is 21.1. The molecule has 4 atom stereocenters. The molecule has 2 aliphatic heterocycles. The summed E-state index contributed by atoms with van der Waals surface area (Å²) >= 11 is 0. The standard InChI is InChI=1S/C20H21N3O8/c1-10-8-23(20(29)21-16(10)26)19-15(14(25)13(9-24)31-19)30-7-6-22-17(27)11-4-2-3-5-12(11)18(22)28/h2-5,8,13-15,19,24-25H,6-7,9H2,1H3,(H,21,26,29)/t13-,14+,15?,19-/m1/s1. The Kier molecular flexibility index (Phi) is 5.58. The number of hydrogen-bond acceptors (Lipinski definition) is 8. The Morgan fingerprint density at radius 3 is 2.39 bits per heavy atom. The summed E-state index contributed by atoms with van der Waals surface area (Å²) < 4.78 is 12.4. The van der Waals surface area contributed by atoms with E-state index in [1.165, 1.54) is 13.1 Å². The van der Waals surface area contributed by atoms with E-state index in [1.807, 2.05) is 0 Å². The van der Waals surface area contributed by atoms with Crippen LogP contribution in [0.4, 0.5) is 0 Å². The lowest BCUT2D eigenvalue weighted by Gasteiger charge is -2.23. The van der Waals surface area contributed by atoms with Gasteiger partial charge < -0.3 is 19.7 Å². The van der Waals surface area contributed by atoms with Gasteiger partial charge in [0, 0.05) is 11.8 Å². The number of carbonyl (C=O) groups is 2. The fraction of sp³-hybridized carbons (Fsp3) is 0.400. The molecule has 11 heteroatoms. The monoisotopic (exact) mass is 431 g/mol. The molecule has 2 aromatic rings. The van der Waals surface area contributed by atoms with Crippen molar-refractivity contribution in [1.29, 1.82) is 0 Å². The molecule has 2 aliphatic rings. The zero-order valence-corrected chi connectivity index (χ0v) is 16.6. The second kappa shape index (κ2) is 8.19. The van der Waals surface area contributed by atoms with E-state index in [0.29, 0.717) is 11.1 Å². The first-order valence-electron chi connectivity index (χ1n) is 9.66. The number of amides is 2. The number of nitrogens with zero attached hydrogens (tertiary/aromatic N) is 2. The SMILES string of the molecule is Cc1cn([C@@H]2O[C@H](CO)[C@H](O)C2OCCN2C(=O)c3ccccc3C2=O)c(=O)[nH]c1=O. The normalized spacial score (nSPS) is 25.3. The highest BCUT2D eigenvalue weighted by Crippen LogP contribution is 2.31. The second-order valence-electron chi connectivity index (χ2n) is 7.36. The minimum atomic E-state index is -1.28. The van der Waals surface area contributed by atoms with Crippen molar-refractivity contribution < 1.29 is 29.3 Å². The van der Waals surface area contributed by atoms with Gasteiger partial charge in [-0.3, -0.25) is 28.8 Å². The molecule has 0 bridgehead atoms. The van der Waals surface area contributed by atoms with Gasteiger partial charge in [0.2, 0.25) is 0 Å². The molecule has 1 saturated heterocycles. The molecule has 2 amide bonds. The van der Waals surface area contributed by atoms with Gasteiger partial charge in [-0.15, -0.1) is 0 Å². The molecule has 4 rings (SSSR count). The second-order valence-corrected chi connectivity index (χ2v) is 7.36. The van der Waals surface area contributed by atoms with Crippen molar-refractivity contribution in [1.82, 2.24) is 14.5 Å². The summed E-state index contributed by atoms with van der Waals surface area (Å²) in [5, 5.41) is 20.0. The lowest BCUT2D eigenvalue weighted by atomic mass is 10.1. The minimum Gasteiger partial charge on any atom is -0.394 e. The molecule has 0 spiro atoms. The van der Waals surface area contributed by atoms with Gasteiger partial charge in [-0.1, -0.05) is 12.1 Å². The Hall–Kier alpha value is -3.12. The average Bonchev–Trinajstić information content (AvgIpc) is 3.20.